The summed E-state index contributed by atoms with van der Waals surface area (Å²) in [7, 11) is 1.94. The quantitative estimate of drug-likeness (QED) is 0.731. The predicted octanol–water partition coefficient (Wildman–Crippen LogP) is 2.90. The van der Waals surface area contributed by atoms with Crippen molar-refractivity contribution in [3.63, 3.8) is 0 Å². The number of imidazole rings is 1. The van der Waals surface area contributed by atoms with Crippen LogP contribution < -0.4 is 0 Å². The molecule has 3 aromatic rings. The van der Waals surface area contributed by atoms with Gasteiger partial charge >= 0.3 is 0 Å². The number of aryl methyl sites for hydroxylation is 1. The lowest BCUT2D eigenvalue weighted by atomic mass is 9.94. The van der Waals surface area contributed by atoms with Gasteiger partial charge in [-0.3, -0.25) is 9.78 Å². The van der Waals surface area contributed by atoms with Gasteiger partial charge in [0.05, 0.1) is 30.1 Å². The minimum Gasteiger partial charge on any atom is -0.338 e. The third-order valence-electron chi connectivity index (χ3n) is 4.88. The van der Waals surface area contributed by atoms with E-state index in [9.17, 15) is 4.79 Å². The molecule has 0 radical (unpaired) electrons. The van der Waals surface area contributed by atoms with Gasteiger partial charge in [-0.1, -0.05) is 18.2 Å². The lowest BCUT2D eigenvalue weighted by molar-refractivity contribution is 0.0706. The second kappa shape index (κ2) is 7.07. The van der Waals surface area contributed by atoms with E-state index < -0.39 is 0 Å². The maximum atomic E-state index is 12.8. The standard InChI is InChI=1S/C20H21N5O/c1-24-14-22-12-19(24)18-11-21-10-17(23-18)16-8-5-9-25(13-16)20(26)15-6-3-2-4-7-15/h2-4,6-7,10-12,14,16H,5,8-9,13H2,1H3/t16-/m1/s1. The van der Waals surface area contributed by atoms with Crippen LogP contribution in [0.25, 0.3) is 11.4 Å². The Morgan fingerprint density at radius 3 is 2.73 bits per heavy atom. The molecule has 1 fully saturated rings. The van der Waals surface area contributed by atoms with Gasteiger partial charge in [0.2, 0.25) is 0 Å². The van der Waals surface area contributed by atoms with Crippen LogP contribution in [0.2, 0.25) is 0 Å². The Morgan fingerprint density at radius 2 is 1.96 bits per heavy atom. The highest BCUT2D eigenvalue weighted by atomic mass is 16.2. The Bertz CT molecular complexity index is 905. The molecule has 1 aliphatic heterocycles. The van der Waals surface area contributed by atoms with Gasteiger partial charge in [-0.25, -0.2) is 9.97 Å². The van der Waals surface area contributed by atoms with Crippen molar-refractivity contribution in [3.05, 3.63) is 66.5 Å². The van der Waals surface area contributed by atoms with Crippen LogP contribution in [0.1, 0.15) is 34.8 Å². The lowest BCUT2D eigenvalue weighted by Crippen LogP contribution is -2.39. The molecule has 1 saturated heterocycles. The summed E-state index contributed by atoms with van der Waals surface area (Å²) in [6, 6.07) is 9.47. The zero-order valence-corrected chi connectivity index (χ0v) is 14.7. The van der Waals surface area contributed by atoms with Gasteiger partial charge in [-0.05, 0) is 25.0 Å². The largest absolute Gasteiger partial charge is 0.338 e. The van der Waals surface area contributed by atoms with Crippen LogP contribution in [0.4, 0.5) is 0 Å². The zero-order chi connectivity index (χ0) is 17.9. The second-order valence-corrected chi connectivity index (χ2v) is 6.68. The Kier molecular flexibility index (Phi) is 4.48. The van der Waals surface area contributed by atoms with E-state index in [0.717, 1.165) is 42.0 Å². The minimum atomic E-state index is 0.0889. The van der Waals surface area contributed by atoms with Crippen molar-refractivity contribution in [1.29, 1.82) is 0 Å². The van der Waals surface area contributed by atoms with Crippen molar-refractivity contribution in [1.82, 2.24) is 24.4 Å². The van der Waals surface area contributed by atoms with Crippen LogP contribution in [-0.2, 0) is 7.05 Å². The number of hydrogen-bond donors (Lipinski definition) is 0. The van der Waals surface area contributed by atoms with E-state index >= 15 is 0 Å². The van der Waals surface area contributed by atoms with E-state index in [0.29, 0.717) is 6.54 Å². The summed E-state index contributed by atoms with van der Waals surface area (Å²) in [6.07, 6.45) is 9.12. The third kappa shape index (κ3) is 3.22. The van der Waals surface area contributed by atoms with Gasteiger partial charge in [0.1, 0.15) is 5.69 Å². The van der Waals surface area contributed by atoms with E-state index in [-0.39, 0.29) is 11.8 Å². The highest BCUT2D eigenvalue weighted by Crippen LogP contribution is 2.27. The topological polar surface area (TPSA) is 63.9 Å². The fraction of sp³-hybridized carbons (Fsp3) is 0.300. The molecule has 1 aliphatic rings. The number of aromatic nitrogens is 4. The fourth-order valence-corrected chi connectivity index (χ4v) is 3.47. The van der Waals surface area contributed by atoms with E-state index in [4.69, 9.17) is 4.98 Å². The van der Waals surface area contributed by atoms with Crippen LogP contribution in [0.3, 0.4) is 0 Å². The summed E-state index contributed by atoms with van der Waals surface area (Å²) in [4.78, 5) is 28.0. The molecule has 0 aliphatic carbocycles. The van der Waals surface area contributed by atoms with Gasteiger partial charge in [-0.2, -0.15) is 0 Å². The molecule has 4 rings (SSSR count). The summed E-state index contributed by atoms with van der Waals surface area (Å²) >= 11 is 0. The molecule has 132 valence electrons. The molecule has 1 atom stereocenters. The highest BCUT2D eigenvalue weighted by Gasteiger charge is 2.26. The Labute approximate surface area is 152 Å². The van der Waals surface area contributed by atoms with Gasteiger partial charge in [0, 0.05) is 37.8 Å². The predicted molar refractivity (Wildman–Crippen MR) is 98.6 cm³/mol. The normalized spacial score (nSPS) is 17.3. The zero-order valence-electron chi connectivity index (χ0n) is 14.7. The average molecular weight is 347 g/mol. The summed E-state index contributed by atoms with van der Waals surface area (Å²) < 4.78 is 1.93. The monoisotopic (exact) mass is 347 g/mol. The molecule has 0 unspecified atom stereocenters. The number of nitrogens with zero attached hydrogens (tertiary/aromatic N) is 5. The molecular formula is C20H21N5O. The SMILES string of the molecule is Cn1cncc1-c1cncc([C@@H]2CCCN(C(=O)c3ccccc3)C2)n1. The number of hydrogen-bond acceptors (Lipinski definition) is 4. The smallest absolute Gasteiger partial charge is 0.253 e. The number of carbonyl (C=O) groups is 1. The molecule has 0 bridgehead atoms. The second-order valence-electron chi connectivity index (χ2n) is 6.68. The lowest BCUT2D eigenvalue weighted by Gasteiger charge is -2.32. The van der Waals surface area contributed by atoms with Crippen LogP contribution in [-0.4, -0.2) is 43.4 Å². The molecule has 1 aromatic carbocycles. The van der Waals surface area contributed by atoms with Crippen molar-refractivity contribution < 1.29 is 4.79 Å². The fourth-order valence-electron chi connectivity index (χ4n) is 3.47. The molecule has 3 heterocycles. The molecule has 6 heteroatoms. The first-order chi connectivity index (χ1) is 12.7. The number of piperidine rings is 1. The van der Waals surface area contributed by atoms with E-state index in [1.165, 1.54) is 0 Å². The van der Waals surface area contributed by atoms with Crippen molar-refractivity contribution in [2.45, 2.75) is 18.8 Å². The molecule has 0 spiro atoms. The van der Waals surface area contributed by atoms with Crippen LogP contribution in [0.5, 0.6) is 0 Å². The van der Waals surface area contributed by atoms with Gasteiger partial charge in [0.25, 0.3) is 5.91 Å². The summed E-state index contributed by atoms with van der Waals surface area (Å²) in [5, 5.41) is 0. The van der Waals surface area contributed by atoms with Crippen LogP contribution in [0.15, 0.2) is 55.2 Å². The maximum Gasteiger partial charge on any atom is 0.253 e. The summed E-state index contributed by atoms with van der Waals surface area (Å²) in [5.41, 5.74) is 3.43. The van der Waals surface area contributed by atoms with Crippen molar-refractivity contribution in [2.24, 2.45) is 7.05 Å². The van der Waals surface area contributed by atoms with Gasteiger partial charge in [0.15, 0.2) is 0 Å². The van der Waals surface area contributed by atoms with Crippen LogP contribution in [0, 0.1) is 0 Å². The summed E-state index contributed by atoms with van der Waals surface area (Å²) in [5.74, 6) is 0.295. The van der Waals surface area contributed by atoms with Gasteiger partial charge < -0.3 is 9.47 Å². The maximum absolute atomic E-state index is 12.8. The minimum absolute atomic E-state index is 0.0889. The molecule has 6 nitrogen and oxygen atoms in total. The van der Waals surface area contributed by atoms with E-state index in [2.05, 4.69) is 9.97 Å². The van der Waals surface area contributed by atoms with Crippen molar-refractivity contribution in [3.8, 4) is 11.4 Å². The van der Waals surface area contributed by atoms with Crippen molar-refractivity contribution in [2.75, 3.05) is 13.1 Å². The van der Waals surface area contributed by atoms with E-state index in [1.54, 1.807) is 18.7 Å². The molecule has 2 aromatic heterocycles. The molecule has 0 saturated carbocycles. The number of rotatable bonds is 3. The molecule has 26 heavy (non-hydrogen) atoms. The van der Waals surface area contributed by atoms with Gasteiger partial charge in [-0.15, -0.1) is 0 Å². The number of benzene rings is 1. The first-order valence-electron chi connectivity index (χ1n) is 8.85. The first kappa shape index (κ1) is 16.4. The average Bonchev–Trinajstić information content (AvgIpc) is 3.14. The molecular weight excluding hydrogens is 326 g/mol. The number of likely N-dealkylation sites (tertiary alicyclic amines) is 1. The number of amides is 1. The first-order valence-corrected chi connectivity index (χ1v) is 8.85. The number of carbonyl (C=O) groups excluding carboxylic acids is 1. The Morgan fingerprint density at radius 1 is 1.12 bits per heavy atom. The third-order valence-corrected chi connectivity index (χ3v) is 4.88. The Balaban J connectivity index is 1.55. The van der Waals surface area contributed by atoms with Crippen LogP contribution >= 0.6 is 0 Å². The summed E-state index contributed by atoms with van der Waals surface area (Å²) in [6.45, 7) is 1.47. The molecule has 1 amide bonds. The Hall–Kier alpha value is -3.02. The van der Waals surface area contributed by atoms with E-state index in [1.807, 2.05) is 53.0 Å². The highest BCUT2D eigenvalue weighted by molar-refractivity contribution is 5.94. The van der Waals surface area contributed by atoms with Crippen molar-refractivity contribution >= 4 is 5.91 Å². The molecule has 0 N–H and O–H groups in total.